The van der Waals surface area contributed by atoms with Gasteiger partial charge < -0.3 is 9.64 Å². The van der Waals surface area contributed by atoms with Crippen LogP contribution in [0, 0.1) is 11.7 Å². The average molecular weight is 477 g/mol. The number of nitrogens with one attached hydrogen (secondary N) is 1. The van der Waals surface area contributed by atoms with Crippen molar-refractivity contribution in [2.75, 3.05) is 18.8 Å². The third kappa shape index (κ3) is 4.86. The average Bonchev–Trinajstić information content (AvgIpc) is 3.65. The van der Waals surface area contributed by atoms with Crippen molar-refractivity contribution in [1.29, 1.82) is 0 Å². The molecule has 0 bridgehead atoms. The van der Waals surface area contributed by atoms with Crippen LogP contribution in [0.5, 0.6) is 11.5 Å². The largest absolute Gasteiger partial charge is 0.457 e. The molecule has 176 valence electrons. The molecule has 33 heavy (non-hydrogen) atoms. The van der Waals surface area contributed by atoms with Crippen LogP contribution in [-0.4, -0.2) is 49.2 Å². The zero-order chi connectivity index (χ0) is 23.6. The third-order valence-electron chi connectivity index (χ3n) is 6.25. The zero-order valence-corrected chi connectivity index (χ0v) is 18.7. The maximum Gasteiger partial charge on any atom is 0.245 e. The minimum absolute atomic E-state index is 0.0272. The molecule has 1 aliphatic carbocycles. The smallest absolute Gasteiger partial charge is 0.245 e. The molecule has 0 radical (unpaired) electrons. The van der Waals surface area contributed by atoms with Crippen LogP contribution < -0.4 is 10.2 Å². The number of carbonyl (C=O) groups is 2. The standard InChI is InChI=1S/C23H25FN2O6S/c24-18-5-9-20(10-6-18)32-19-7-3-17(4-8-19)23(15-21(27)25-29)11-12-26(13-14-33(23,30)31)22(28)16-1-2-16/h3-10,16,29H,1-2,11-15H2,(H,25,27). The van der Waals surface area contributed by atoms with Crippen LogP contribution in [0.15, 0.2) is 48.5 Å². The molecule has 8 nitrogen and oxygen atoms in total. The van der Waals surface area contributed by atoms with Crippen molar-refractivity contribution in [2.24, 2.45) is 5.92 Å². The van der Waals surface area contributed by atoms with Gasteiger partial charge in [-0.25, -0.2) is 18.3 Å². The van der Waals surface area contributed by atoms with Gasteiger partial charge >= 0.3 is 0 Å². The molecule has 4 rings (SSSR count). The third-order valence-corrected chi connectivity index (χ3v) is 8.74. The summed E-state index contributed by atoms with van der Waals surface area (Å²) in [6, 6.07) is 11.8. The molecule has 2 N–H and O–H groups in total. The van der Waals surface area contributed by atoms with Crippen LogP contribution in [-0.2, 0) is 24.2 Å². The molecule has 1 saturated carbocycles. The van der Waals surface area contributed by atoms with Crippen LogP contribution in [0.2, 0.25) is 0 Å². The summed E-state index contributed by atoms with van der Waals surface area (Å²) >= 11 is 0. The topological polar surface area (TPSA) is 113 Å². The van der Waals surface area contributed by atoms with Crippen molar-refractivity contribution in [2.45, 2.75) is 30.4 Å². The fourth-order valence-electron chi connectivity index (χ4n) is 4.21. The Morgan fingerprint density at radius 3 is 2.24 bits per heavy atom. The van der Waals surface area contributed by atoms with Gasteiger partial charge in [-0.05, 0) is 61.2 Å². The molecule has 2 aromatic carbocycles. The van der Waals surface area contributed by atoms with E-state index in [1.54, 1.807) is 29.2 Å². The first-order chi connectivity index (χ1) is 15.7. The lowest BCUT2D eigenvalue weighted by Gasteiger charge is -2.32. The second kappa shape index (κ2) is 9.11. The molecule has 1 atom stereocenters. The van der Waals surface area contributed by atoms with E-state index >= 15 is 0 Å². The Morgan fingerprint density at radius 2 is 1.67 bits per heavy atom. The lowest BCUT2D eigenvalue weighted by Crippen LogP contribution is -2.42. The van der Waals surface area contributed by atoms with Gasteiger partial charge in [0.15, 0.2) is 9.84 Å². The van der Waals surface area contributed by atoms with Crippen molar-refractivity contribution >= 4 is 21.7 Å². The van der Waals surface area contributed by atoms with E-state index in [1.165, 1.54) is 29.7 Å². The highest BCUT2D eigenvalue weighted by Gasteiger charge is 2.49. The van der Waals surface area contributed by atoms with E-state index < -0.39 is 32.7 Å². The SMILES string of the molecule is O=C(CC1(c2ccc(Oc3ccc(F)cc3)cc2)CCN(C(=O)C2CC2)CCS1(=O)=O)NO. The monoisotopic (exact) mass is 476 g/mol. The predicted octanol–water partition coefficient (Wildman–Crippen LogP) is 2.77. The molecule has 2 fully saturated rings. The van der Waals surface area contributed by atoms with Gasteiger partial charge in [-0.1, -0.05) is 12.1 Å². The molecule has 1 unspecified atom stereocenters. The summed E-state index contributed by atoms with van der Waals surface area (Å²) in [4.78, 5) is 26.3. The zero-order valence-electron chi connectivity index (χ0n) is 17.9. The minimum atomic E-state index is -3.88. The van der Waals surface area contributed by atoms with Gasteiger partial charge in [-0.2, -0.15) is 0 Å². The maximum absolute atomic E-state index is 13.5. The van der Waals surface area contributed by atoms with Crippen molar-refractivity contribution in [1.82, 2.24) is 10.4 Å². The molecular weight excluding hydrogens is 451 g/mol. The molecule has 1 heterocycles. The van der Waals surface area contributed by atoms with Gasteiger partial charge in [0.05, 0.1) is 12.2 Å². The highest BCUT2D eigenvalue weighted by molar-refractivity contribution is 7.92. The molecule has 1 saturated heterocycles. The summed E-state index contributed by atoms with van der Waals surface area (Å²) in [6.45, 7) is 0.271. The Hall–Kier alpha value is -2.98. The molecule has 2 aromatic rings. The fourth-order valence-corrected chi connectivity index (χ4v) is 6.31. The number of halogens is 1. The summed E-state index contributed by atoms with van der Waals surface area (Å²) in [5.41, 5.74) is 1.91. The highest BCUT2D eigenvalue weighted by Crippen LogP contribution is 2.42. The first-order valence-electron chi connectivity index (χ1n) is 10.7. The Kier molecular flexibility index (Phi) is 6.40. The summed E-state index contributed by atoms with van der Waals surface area (Å²) in [5.74, 6) is -0.766. The van der Waals surface area contributed by atoms with Gasteiger partial charge in [0.1, 0.15) is 22.1 Å². The molecule has 1 aliphatic heterocycles. The second-order valence-corrected chi connectivity index (χ2v) is 10.9. The quantitative estimate of drug-likeness (QED) is 0.490. The van der Waals surface area contributed by atoms with E-state index in [-0.39, 0.29) is 37.1 Å². The summed E-state index contributed by atoms with van der Waals surface area (Å²) in [7, 11) is -3.88. The number of hydroxylamine groups is 1. The van der Waals surface area contributed by atoms with Gasteiger partial charge in [0.2, 0.25) is 11.8 Å². The van der Waals surface area contributed by atoms with Crippen LogP contribution in [0.4, 0.5) is 4.39 Å². The number of carbonyl (C=O) groups excluding carboxylic acids is 2. The van der Waals surface area contributed by atoms with E-state index in [0.717, 1.165) is 12.8 Å². The van der Waals surface area contributed by atoms with Gasteiger partial charge in [0, 0.05) is 19.0 Å². The minimum Gasteiger partial charge on any atom is -0.457 e. The van der Waals surface area contributed by atoms with Crippen LogP contribution in [0.3, 0.4) is 0 Å². The highest BCUT2D eigenvalue weighted by atomic mass is 32.2. The number of hydrogen-bond acceptors (Lipinski definition) is 6. The maximum atomic E-state index is 13.5. The Morgan fingerprint density at radius 1 is 1.06 bits per heavy atom. The van der Waals surface area contributed by atoms with Crippen molar-refractivity contribution < 1.29 is 32.3 Å². The Labute approximate surface area is 191 Å². The van der Waals surface area contributed by atoms with E-state index in [1.807, 2.05) is 0 Å². The number of benzene rings is 2. The van der Waals surface area contributed by atoms with Gasteiger partial charge in [-0.3, -0.25) is 14.8 Å². The number of nitrogens with zero attached hydrogens (tertiary/aromatic N) is 1. The van der Waals surface area contributed by atoms with Crippen molar-refractivity contribution in [3.8, 4) is 11.5 Å². The van der Waals surface area contributed by atoms with E-state index in [2.05, 4.69) is 0 Å². The molecule has 10 heteroatoms. The van der Waals surface area contributed by atoms with E-state index in [0.29, 0.717) is 17.1 Å². The predicted molar refractivity (Wildman–Crippen MR) is 117 cm³/mol. The van der Waals surface area contributed by atoms with Crippen LogP contribution in [0.25, 0.3) is 0 Å². The fraction of sp³-hybridized carbons (Fsp3) is 0.391. The van der Waals surface area contributed by atoms with Gasteiger partial charge in [-0.15, -0.1) is 0 Å². The molecule has 0 spiro atoms. The number of ether oxygens (including phenoxy) is 1. The number of hydrogen-bond donors (Lipinski definition) is 2. The second-order valence-electron chi connectivity index (χ2n) is 8.45. The van der Waals surface area contributed by atoms with Crippen molar-refractivity contribution in [3.63, 3.8) is 0 Å². The van der Waals surface area contributed by atoms with Crippen molar-refractivity contribution in [3.05, 3.63) is 59.9 Å². The summed E-state index contributed by atoms with van der Waals surface area (Å²) < 4.78 is 44.1. The van der Waals surface area contributed by atoms with E-state index in [9.17, 15) is 22.4 Å². The summed E-state index contributed by atoms with van der Waals surface area (Å²) in [6.07, 6.45) is 1.18. The number of amides is 2. The number of rotatable bonds is 6. The van der Waals surface area contributed by atoms with Gasteiger partial charge in [0.25, 0.3) is 0 Å². The molecule has 2 amide bonds. The first-order valence-corrected chi connectivity index (χ1v) is 12.4. The molecular formula is C23H25FN2O6S. The molecule has 2 aliphatic rings. The lowest BCUT2D eigenvalue weighted by atomic mass is 9.90. The normalized spacial score (nSPS) is 22.3. The lowest BCUT2D eigenvalue weighted by molar-refractivity contribution is -0.132. The summed E-state index contributed by atoms with van der Waals surface area (Å²) in [5, 5.41) is 9.11. The molecule has 0 aromatic heterocycles. The van der Waals surface area contributed by atoms with Crippen LogP contribution in [0.1, 0.15) is 31.2 Å². The Bertz CT molecular complexity index is 1130. The first kappa shape index (κ1) is 23.2. The van der Waals surface area contributed by atoms with E-state index in [4.69, 9.17) is 9.94 Å². The van der Waals surface area contributed by atoms with Crippen LogP contribution >= 0.6 is 0 Å². The Balaban J connectivity index is 1.64. The number of sulfone groups is 1.